The Labute approximate surface area is 173 Å². The summed E-state index contributed by atoms with van der Waals surface area (Å²) in [5.41, 5.74) is 3.53. The first kappa shape index (κ1) is 18.3. The predicted octanol–water partition coefficient (Wildman–Crippen LogP) is 3.08. The minimum atomic E-state index is -0.0255. The van der Waals surface area contributed by atoms with E-state index in [-0.39, 0.29) is 12.1 Å². The smallest absolute Gasteiger partial charge is 0.325 e. The minimum Gasteiger partial charge on any atom is -0.325 e. The summed E-state index contributed by atoms with van der Waals surface area (Å²) in [6.07, 6.45) is 5.21. The lowest BCUT2D eigenvalue weighted by molar-refractivity contribution is 0.229. The molecule has 1 fully saturated rings. The summed E-state index contributed by atoms with van der Waals surface area (Å²) in [5.74, 6) is 1.62. The summed E-state index contributed by atoms with van der Waals surface area (Å²) in [5, 5.41) is 11.3. The van der Waals surface area contributed by atoms with Gasteiger partial charge < -0.3 is 4.90 Å². The van der Waals surface area contributed by atoms with Gasteiger partial charge in [0.1, 0.15) is 12.1 Å². The molecule has 1 atom stereocenters. The third-order valence-electron chi connectivity index (χ3n) is 5.57. The molecule has 1 N–H and O–H groups in total. The Kier molecular flexibility index (Phi) is 4.23. The van der Waals surface area contributed by atoms with E-state index in [1.165, 1.54) is 0 Å². The molecule has 0 bridgehead atoms. The van der Waals surface area contributed by atoms with Gasteiger partial charge in [-0.3, -0.25) is 10.00 Å². The highest BCUT2D eigenvalue weighted by Crippen LogP contribution is 2.30. The van der Waals surface area contributed by atoms with Crippen LogP contribution < -0.4 is 4.90 Å². The summed E-state index contributed by atoms with van der Waals surface area (Å²) < 4.78 is 1.73. The van der Waals surface area contributed by atoms with E-state index in [9.17, 15) is 4.79 Å². The highest BCUT2D eigenvalue weighted by molar-refractivity contribution is 5.94. The number of rotatable bonds is 4. The second-order valence-electron chi connectivity index (χ2n) is 7.86. The van der Waals surface area contributed by atoms with Crippen molar-refractivity contribution in [1.29, 1.82) is 0 Å². The van der Waals surface area contributed by atoms with Crippen LogP contribution in [0.5, 0.6) is 0 Å². The third-order valence-corrected chi connectivity index (χ3v) is 5.57. The van der Waals surface area contributed by atoms with Crippen LogP contribution in [-0.4, -0.2) is 60.3 Å². The second kappa shape index (κ2) is 6.94. The number of fused-ring (bicyclic) bond motifs is 1. The molecule has 30 heavy (non-hydrogen) atoms. The van der Waals surface area contributed by atoms with Gasteiger partial charge in [0.25, 0.3) is 0 Å². The summed E-state index contributed by atoms with van der Waals surface area (Å²) in [4.78, 5) is 25.3. The number of aromatic nitrogens is 6. The Bertz CT molecular complexity index is 1200. The topological polar surface area (TPSA) is 95.3 Å². The summed E-state index contributed by atoms with van der Waals surface area (Å²) in [6, 6.07) is 9.86. The number of hydrogen-bond donors (Lipinski definition) is 1. The number of amides is 2. The Hall–Kier alpha value is -3.75. The van der Waals surface area contributed by atoms with E-state index >= 15 is 0 Å². The zero-order valence-electron chi connectivity index (χ0n) is 17.0. The Balaban J connectivity index is 1.54. The van der Waals surface area contributed by atoms with Gasteiger partial charge in [-0.05, 0) is 17.5 Å². The molecule has 0 spiro atoms. The number of anilines is 1. The van der Waals surface area contributed by atoms with Gasteiger partial charge in [-0.25, -0.2) is 19.3 Å². The lowest BCUT2D eigenvalue weighted by Crippen LogP contribution is -2.38. The van der Waals surface area contributed by atoms with E-state index in [4.69, 9.17) is 4.98 Å². The van der Waals surface area contributed by atoms with Crippen molar-refractivity contribution in [2.75, 3.05) is 18.5 Å². The van der Waals surface area contributed by atoms with Crippen molar-refractivity contribution >= 4 is 17.5 Å². The van der Waals surface area contributed by atoms with Gasteiger partial charge in [-0.15, -0.1) is 0 Å². The summed E-state index contributed by atoms with van der Waals surface area (Å²) in [7, 11) is 1.83. The fraction of sp³-hybridized carbons (Fsp3) is 0.286. The van der Waals surface area contributed by atoms with Gasteiger partial charge in [-0.2, -0.15) is 10.2 Å². The van der Waals surface area contributed by atoms with Gasteiger partial charge in [0.2, 0.25) is 0 Å². The van der Waals surface area contributed by atoms with E-state index in [2.05, 4.69) is 34.1 Å². The average Bonchev–Trinajstić information content (AvgIpc) is 3.48. The number of carbonyl (C=O) groups is 1. The SMILES string of the molecule is CC(C)[C@H]1CN(C)C(=O)N1c1ccn2ncc(-c3ccc(-c4nc[nH]n4)cc3)c2n1. The van der Waals surface area contributed by atoms with Crippen LogP contribution >= 0.6 is 0 Å². The molecule has 1 aliphatic rings. The maximum atomic E-state index is 12.8. The van der Waals surface area contributed by atoms with Gasteiger partial charge in [0.05, 0.1) is 12.2 Å². The van der Waals surface area contributed by atoms with Crippen molar-refractivity contribution in [1.82, 2.24) is 34.7 Å². The quantitative estimate of drug-likeness (QED) is 0.566. The van der Waals surface area contributed by atoms with E-state index in [1.807, 2.05) is 43.6 Å². The van der Waals surface area contributed by atoms with Crippen LogP contribution in [0.1, 0.15) is 13.8 Å². The third kappa shape index (κ3) is 2.90. The van der Waals surface area contributed by atoms with Crippen molar-refractivity contribution < 1.29 is 4.79 Å². The lowest BCUT2D eigenvalue weighted by atomic mass is 10.0. The zero-order chi connectivity index (χ0) is 20.8. The minimum absolute atomic E-state index is 0.0255. The number of nitrogens with zero attached hydrogens (tertiary/aromatic N) is 7. The van der Waals surface area contributed by atoms with Crippen LogP contribution in [-0.2, 0) is 0 Å². The van der Waals surface area contributed by atoms with Gasteiger partial charge in [0, 0.05) is 30.9 Å². The van der Waals surface area contributed by atoms with Gasteiger partial charge in [-0.1, -0.05) is 38.1 Å². The molecule has 4 heterocycles. The zero-order valence-corrected chi connectivity index (χ0v) is 17.0. The first-order valence-corrected chi connectivity index (χ1v) is 9.88. The van der Waals surface area contributed by atoms with Crippen molar-refractivity contribution in [2.24, 2.45) is 5.92 Å². The molecule has 152 valence electrons. The van der Waals surface area contributed by atoms with E-state index in [0.717, 1.165) is 16.7 Å². The van der Waals surface area contributed by atoms with E-state index in [0.29, 0.717) is 29.8 Å². The molecule has 9 nitrogen and oxygen atoms in total. The number of nitrogens with one attached hydrogen (secondary N) is 1. The number of likely N-dealkylation sites (N-methyl/N-ethyl adjacent to an activating group) is 1. The molecule has 5 rings (SSSR count). The van der Waals surface area contributed by atoms with Crippen LogP contribution in [0.4, 0.5) is 10.6 Å². The first-order chi connectivity index (χ1) is 14.5. The Morgan fingerprint density at radius 1 is 1.13 bits per heavy atom. The number of H-pyrrole nitrogens is 1. The standard InChI is InChI=1S/C21H22N8O/c1-13(2)17-11-27(3)21(30)29(17)18-8-9-28-20(25-18)16(10-24-28)14-4-6-15(7-5-14)19-22-12-23-26-19/h4-10,12-13,17H,11H2,1-3H3,(H,22,23,26)/t17-/m1/s1. The fourth-order valence-electron chi connectivity index (χ4n) is 3.89. The van der Waals surface area contributed by atoms with Crippen LogP contribution in [0.3, 0.4) is 0 Å². The van der Waals surface area contributed by atoms with Gasteiger partial charge >= 0.3 is 6.03 Å². The predicted molar refractivity (Wildman–Crippen MR) is 113 cm³/mol. The number of hydrogen-bond acceptors (Lipinski definition) is 5. The van der Waals surface area contributed by atoms with Crippen molar-refractivity contribution in [3.05, 3.63) is 49.1 Å². The van der Waals surface area contributed by atoms with Crippen LogP contribution in [0, 0.1) is 5.92 Å². The highest BCUT2D eigenvalue weighted by Gasteiger charge is 2.38. The van der Waals surface area contributed by atoms with Crippen molar-refractivity contribution in [2.45, 2.75) is 19.9 Å². The molecular weight excluding hydrogens is 380 g/mol. The van der Waals surface area contributed by atoms with Crippen LogP contribution in [0.2, 0.25) is 0 Å². The van der Waals surface area contributed by atoms with Crippen molar-refractivity contribution in [3.63, 3.8) is 0 Å². The molecule has 0 unspecified atom stereocenters. The van der Waals surface area contributed by atoms with Gasteiger partial charge in [0.15, 0.2) is 11.5 Å². The number of benzene rings is 1. The monoisotopic (exact) mass is 402 g/mol. The largest absolute Gasteiger partial charge is 0.325 e. The molecule has 2 amide bonds. The normalized spacial score (nSPS) is 16.9. The molecule has 9 heteroatoms. The molecule has 3 aromatic heterocycles. The second-order valence-corrected chi connectivity index (χ2v) is 7.86. The van der Waals surface area contributed by atoms with Crippen LogP contribution in [0.15, 0.2) is 49.1 Å². The molecule has 0 saturated carbocycles. The average molecular weight is 402 g/mol. The van der Waals surface area contributed by atoms with E-state index < -0.39 is 0 Å². The molecule has 4 aromatic rings. The highest BCUT2D eigenvalue weighted by atomic mass is 16.2. The summed E-state index contributed by atoms with van der Waals surface area (Å²) >= 11 is 0. The Morgan fingerprint density at radius 2 is 1.90 bits per heavy atom. The molecule has 1 aromatic carbocycles. The molecule has 1 aliphatic heterocycles. The maximum absolute atomic E-state index is 12.8. The number of carbonyl (C=O) groups excluding carboxylic acids is 1. The van der Waals surface area contributed by atoms with Crippen molar-refractivity contribution in [3.8, 4) is 22.5 Å². The molecule has 0 radical (unpaired) electrons. The number of aromatic amines is 1. The maximum Gasteiger partial charge on any atom is 0.325 e. The molecule has 0 aliphatic carbocycles. The summed E-state index contributed by atoms with van der Waals surface area (Å²) in [6.45, 7) is 4.95. The molecular formula is C21H22N8O. The molecule has 1 saturated heterocycles. The fourth-order valence-corrected chi connectivity index (χ4v) is 3.89. The Morgan fingerprint density at radius 3 is 2.60 bits per heavy atom. The van der Waals surface area contributed by atoms with Crippen LogP contribution in [0.25, 0.3) is 28.2 Å². The lowest BCUT2D eigenvalue weighted by Gasteiger charge is -2.25. The first-order valence-electron chi connectivity index (χ1n) is 9.88. The number of urea groups is 1. The van der Waals surface area contributed by atoms with E-state index in [1.54, 1.807) is 26.8 Å².